The number of hydrogen-bond acceptors (Lipinski definition) is 0. The summed E-state index contributed by atoms with van der Waals surface area (Å²) in [6.45, 7) is 4.50. The van der Waals surface area contributed by atoms with Crippen LogP contribution in [0.5, 0.6) is 0 Å². The Labute approximate surface area is 58.0 Å². The van der Waals surface area contributed by atoms with Crippen LogP contribution in [0.15, 0.2) is 11.6 Å². The average molecular weight is 124 g/mol. The lowest BCUT2D eigenvalue weighted by Crippen LogP contribution is -1.76. The summed E-state index contributed by atoms with van der Waals surface area (Å²) in [6.07, 6.45) is 7.88. The first-order valence-corrected chi connectivity index (χ1v) is 4.01. The maximum atomic E-state index is 2.40. The van der Waals surface area contributed by atoms with E-state index in [1.165, 1.54) is 25.7 Å². The molecular formula is C9H16. The van der Waals surface area contributed by atoms with Crippen LogP contribution in [-0.2, 0) is 0 Å². The van der Waals surface area contributed by atoms with Gasteiger partial charge in [-0.15, -0.1) is 0 Å². The summed E-state index contributed by atoms with van der Waals surface area (Å²) in [5, 5.41) is 0. The topological polar surface area (TPSA) is 0 Å². The van der Waals surface area contributed by atoms with Crippen LogP contribution in [0.1, 0.15) is 39.5 Å². The van der Waals surface area contributed by atoms with Crippen molar-refractivity contribution in [1.82, 2.24) is 0 Å². The molecule has 0 aromatic rings. The molecule has 0 bridgehead atoms. The van der Waals surface area contributed by atoms with Gasteiger partial charge < -0.3 is 0 Å². The minimum absolute atomic E-state index is 0.983. The Hall–Kier alpha value is -0.260. The van der Waals surface area contributed by atoms with Crippen molar-refractivity contribution in [2.24, 2.45) is 5.92 Å². The van der Waals surface area contributed by atoms with Gasteiger partial charge in [0, 0.05) is 0 Å². The van der Waals surface area contributed by atoms with Crippen LogP contribution >= 0.6 is 0 Å². The molecule has 1 fully saturated rings. The van der Waals surface area contributed by atoms with Gasteiger partial charge in [-0.25, -0.2) is 0 Å². The molecule has 0 atom stereocenters. The fraction of sp³-hybridized carbons (Fsp3) is 0.778. The van der Waals surface area contributed by atoms with Gasteiger partial charge in [-0.3, -0.25) is 0 Å². The lowest BCUT2D eigenvalue weighted by molar-refractivity contribution is 0.913. The van der Waals surface area contributed by atoms with Gasteiger partial charge in [0.25, 0.3) is 0 Å². The van der Waals surface area contributed by atoms with E-state index in [0.717, 1.165) is 5.92 Å². The highest BCUT2D eigenvalue weighted by atomic mass is 14.3. The van der Waals surface area contributed by atoms with Gasteiger partial charge in [-0.1, -0.05) is 25.0 Å². The molecule has 1 rings (SSSR count). The lowest BCUT2D eigenvalue weighted by Gasteiger charge is -1.93. The van der Waals surface area contributed by atoms with Crippen molar-refractivity contribution < 1.29 is 0 Å². The maximum Gasteiger partial charge on any atom is -0.0206 e. The summed E-state index contributed by atoms with van der Waals surface area (Å²) in [5.74, 6) is 0.983. The largest absolute Gasteiger partial charge is 0.0853 e. The van der Waals surface area contributed by atoms with Crippen LogP contribution < -0.4 is 0 Å². The number of hydrogen-bond donors (Lipinski definition) is 0. The smallest absolute Gasteiger partial charge is 0.0206 e. The lowest BCUT2D eigenvalue weighted by atomic mass is 10.1. The molecule has 1 saturated carbocycles. The molecule has 0 unspecified atom stereocenters. The zero-order chi connectivity index (χ0) is 6.69. The Morgan fingerprint density at radius 3 is 2.67 bits per heavy atom. The van der Waals surface area contributed by atoms with Crippen LogP contribution in [-0.4, -0.2) is 0 Å². The molecule has 0 radical (unpaired) electrons. The molecule has 9 heavy (non-hydrogen) atoms. The van der Waals surface area contributed by atoms with Crippen LogP contribution in [0.25, 0.3) is 0 Å². The zero-order valence-electron chi connectivity index (χ0n) is 6.48. The second kappa shape index (κ2) is 3.05. The van der Waals surface area contributed by atoms with Gasteiger partial charge >= 0.3 is 0 Å². The fourth-order valence-electron chi connectivity index (χ4n) is 1.08. The third-order valence-electron chi connectivity index (χ3n) is 1.98. The monoisotopic (exact) mass is 124 g/mol. The van der Waals surface area contributed by atoms with Gasteiger partial charge in [-0.05, 0) is 32.1 Å². The average Bonchev–Trinajstić information content (AvgIpc) is 2.63. The quantitative estimate of drug-likeness (QED) is 0.507. The summed E-state index contributed by atoms with van der Waals surface area (Å²) in [4.78, 5) is 0. The molecule has 0 aromatic carbocycles. The molecule has 0 nitrogen and oxygen atoms in total. The van der Waals surface area contributed by atoms with E-state index in [-0.39, 0.29) is 0 Å². The molecule has 0 amide bonds. The van der Waals surface area contributed by atoms with Crippen molar-refractivity contribution in [3.05, 3.63) is 11.6 Å². The normalized spacial score (nSPS) is 20.4. The first-order valence-electron chi connectivity index (χ1n) is 4.01. The molecule has 0 saturated heterocycles. The highest BCUT2D eigenvalue weighted by Crippen LogP contribution is 2.36. The molecule has 0 heteroatoms. The van der Waals surface area contributed by atoms with Crippen molar-refractivity contribution in [3.63, 3.8) is 0 Å². The molecule has 0 spiro atoms. The van der Waals surface area contributed by atoms with Crippen molar-refractivity contribution in [2.75, 3.05) is 0 Å². The van der Waals surface area contributed by atoms with E-state index >= 15 is 0 Å². The van der Waals surface area contributed by atoms with Crippen molar-refractivity contribution in [2.45, 2.75) is 39.5 Å². The summed E-state index contributed by atoms with van der Waals surface area (Å²) in [6, 6.07) is 0. The molecule has 0 heterocycles. The third-order valence-corrected chi connectivity index (χ3v) is 1.98. The van der Waals surface area contributed by atoms with Gasteiger partial charge in [0.2, 0.25) is 0 Å². The Bertz CT molecular complexity index is 107. The molecular weight excluding hydrogens is 108 g/mol. The predicted octanol–water partition coefficient (Wildman–Crippen LogP) is 3.14. The van der Waals surface area contributed by atoms with E-state index in [1.807, 2.05) is 0 Å². The summed E-state index contributed by atoms with van der Waals surface area (Å²) in [5.41, 5.74) is 1.64. The second-order valence-electron chi connectivity index (χ2n) is 3.01. The number of allylic oxidation sites excluding steroid dienone is 2. The van der Waals surface area contributed by atoms with E-state index in [9.17, 15) is 0 Å². The van der Waals surface area contributed by atoms with E-state index in [4.69, 9.17) is 0 Å². The zero-order valence-corrected chi connectivity index (χ0v) is 6.48. The standard InChI is InChI=1S/C9H16/c1-3-4-5-8(2)9-6-7-9/h5,9H,3-4,6-7H2,1-2H3/b8-5+. The molecule has 0 aliphatic heterocycles. The molecule has 0 aromatic heterocycles. The minimum atomic E-state index is 0.983. The van der Waals surface area contributed by atoms with Crippen LogP contribution in [0.3, 0.4) is 0 Å². The Balaban J connectivity index is 2.20. The van der Waals surface area contributed by atoms with Gasteiger partial charge in [0.05, 0.1) is 0 Å². The fourth-order valence-corrected chi connectivity index (χ4v) is 1.08. The van der Waals surface area contributed by atoms with E-state index in [1.54, 1.807) is 5.57 Å². The Morgan fingerprint density at radius 1 is 1.56 bits per heavy atom. The summed E-state index contributed by atoms with van der Waals surface area (Å²) >= 11 is 0. The van der Waals surface area contributed by atoms with E-state index < -0.39 is 0 Å². The van der Waals surface area contributed by atoms with Gasteiger partial charge in [0.1, 0.15) is 0 Å². The molecule has 1 aliphatic rings. The summed E-state index contributed by atoms with van der Waals surface area (Å²) < 4.78 is 0. The van der Waals surface area contributed by atoms with E-state index in [2.05, 4.69) is 19.9 Å². The molecule has 52 valence electrons. The SMILES string of the molecule is CCC/C=C(\C)C1CC1. The highest BCUT2D eigenvalue weighted by Gasteiger charge is 2.22. The molecule has 0 N–H and O–H groups in total. The third kappa shape index (κ3) is 2.21. The van der Waals surface area contributed by atoms with Gasteiger partial charge in [-0.2, -0.15) is 0 Å². The van der Waals surface area contributed by atoms with Crippen LogP contribution in [0.4, 0.5) is 0 Å². The summed E-state index contributed by atoms with van der Waals surface area (Å²) in [7, 11) is 0. The molecule has 1 aliphatic carbocycles. The number of unbranched alkanes of at least 4 members (excludes halogenated alkanes) is 1. The van der Waals surface area contributed by atoms with Gasteiger partial charge in [0.15, 0.2) is 0 Å². The van der Waals surface area contributed by atoms with Crippen LogP contribution in [0, 0.1) is 5.92 Å². The number of rotatable bonds is 3. The Morgan fingerprint density at radius 2 is 2.22 bits per heavy atom. The minimum Gasteiger partial charge on any atom is -0.0853 e. The van der Waals surface area contributed by atoms with Crippen LogP contribution in [0.2, 0.25) is 0 Å². The first kappa shape index (κ1) is 6.85. The van der Waals surface area contributed by atoms with E-state index in [0.29, 0.717) is 0 Å². The maximum absolute atomic E-state index is 2.40. The first-order chi connectivity index (χ1) is 4.34. The van der Waals surface area contributed by atoms with Crippen molar-refractivity contribution in [1.29, 1.82) is 0 Å². The predicted molar refractivity (Wildman–Crippen MR) is 41.4 cm³/mol. The second-order valence-corrected chi connectivity index (χ2v) is 3.01. The Kier molecular flexibility index (Phi) is 2.32. The highest BCUT2D eigenvalue weighted by molar-refractivity contribution is 5.08. The van der Waals surface area contributed by atoms with Crippen molar-refractivity contribution >= 4 is 0 Å². The van der Waals surface area contributed by atoms with Crippen molar-refractivity contribution in [3.8, 4) is 0 Å².